The van der Waals surface area contributed by atoms with Crippen LogP contribution in [0.25, 0.3) is 0 Å². The van der Waals surface area contributed by atoms with E-state index in [0.717, 1.165) is 17.1 Å². The first-order chi connectivity index (χ1) is 9.10. The predicted molar refractivity (Wildman–Crippen MR) is 81.7 cm³/mol. The molecule has 19 heavy (non-hydrogen) atoms. The van der Waals surface area contributed by atoms with Crippen molar-refractivity contribution in [3.05, 3.63) is 50.7 Å². The fraction of sp³-hybridized carbons (Fsp3) is 0.214. The highest BCUT2D eigenvalue weighted by Crippen LogP contribution is 2.29. The summed E-state index contributed by atoms with van der Waals surface area (Å²) in [5.41, 5.74) is 0.159. The molecule has 0 spiro atoms. The summed E-state index contributed by atoms with van der Waals surface area (Å²) in [5, 5.41) is 9.30. The van der Waals surface area contributed by atoms with Crippen molar-refractivity contribution in [1.82, 2.24) is 0 Å². The lowest BCUT2D eigenvalue weighted by atomic mass is 10.2. The fourth-order valence-corrected chi connectivity index (χ4v) is 3.74. The topological polar surface area (TPSA) is 37.3 Å². The molecule has 1 aromatic heterocycles. The molecule has 2 rings (SSSR count). The smallest absolute Gasteiger partial charge is 0.337 e. The van der Waals surface area contributed by atoms with Crippen LogP contribution in [0.5, 0.6) is 0 Å². The number of thiophene rings is 1. The molecule has 1 aromatic carbocycles. The lowest BCUT2D eigenvalue weighted by molar-refractivity contribution is 0.0697. The summed E-state index contributed by atoms with van der Waals surface area (Å²) in [6.07, 6.45) is 1.06. The average Bonchev–Trinajstić information content (AvgIpc) is 2.85. The third-order valence-corrected chi connectivity index (χ3v) is 5.40. The Balaban J connectivity index is 2.07. The maximum Gasteiger partial charge on any atom is 0.337 e. The molecular formula is C14H13ClO2S2. The van der Waals surface area contributed by atoms with E-state index < -0.39 is 5.97 Å². The van der Waals surface area contributed by atoms with Crippen molar-refractivity contribution in [2.75, 3.05) is 0 Å². The largest absolute Gasteiger partial charge is 0.478 e. The highest BCUT2D eigenvalue weighted by Gasteiger charge is 2.10. The summed E-state index contributed by atoms with van der Waals surface area (Å²) >= 11 is 9.27. The van der Waals surface area contributed by atoms with Gasteiger partial charge in [0.25, 0.3) is 0 Å². The van der Waals surface area contributed by atoms with E-state index in [4.69, 9.17) is 16.7 Å². The molecule has 0 amide bonds. The SMILES string of the molecule is CCc1ccc(CSc2ccc(Cl)c(C(=O)O)c2)s1. The zero-order chi connectivity index (χ0) is 13.8. The van der Waals surface area contributed by atoms with Crippen molar-refractivity contribution < 1.29 is 9.90 Å². The van der Waals surface area contributed by atoms with Crippen LogP contribution in [0.15, 0.2) is 35.2 Å². The van der Waals surface area contributed by atoms with E-state index in [0.29, 0.717) is 0 Å². The van der Waals surface area contributed by atoms with E-state index in [-0.39, 0.29) is 10.6 Å². The standard InChI is InChI=1S/C14H13ClO2S2/c1-2-9-3-4-11(19-9)8-18-10-5-6-13(15)12(7-10)14(16)17/h3-7H,2,8H2,1H3,(H,16,17). The quantitative estimate of drug-likeness (QED) is 0.793. The van der Waals surface area contributed by atoms with E-state index in [1.54, 1.807) is 35.2 Å². The monoisotopic (exact) mass is 312 g/mol. The van der Waals surface area contributed by atoms with Crippen LogP contribution in [-0.2, 0) is 12.2 Å². The Morgan fingerprint density at radius 2 is 2.05 bits per heavy atom. The van der Waals surface area contributed by atoms with Crippen LogP contribution in [0.2, 0.25) is 5.02 Å². The van der Waals surface area contributed by atoms with Crippen LogP contribution >= 0.6 is 34.7 Å². The molecule has 1 heterocycles. The number of benzene rings is 1. The van der Waals surface area contributed by atoms with Crippen LogP contribution in [0.1, 0.15) is 27.0 Å². The number of aromatic carboxylic acids is 1. The number of halogens is 1. The van der Waals surface area contributed by atoms with Gasteiger partial charge in [0.2, 0.25) is 0 Å². The Labute approximate surface area is 125 Å². The average molecular weight is 313 g/mol. The lowest BCUT2D eigenvalue weighted by Crippen LogP contribution is -1.97. The summed E-state index contributed by atoms with van der Waals surface area (Å²) in [5.74, 6) is -0.136. The molecule has 1 N–H and O–H groups in total. The van der Waals surface area contributed by atoms with Crippen LogP contribution in [0.3, 0.4) is 0 Å². The molecule has 0 saturated carbocycles. The molecule has 0 radical (unpaired) electrons. The van der Waals surface area contributed by atoms with Gasteiger partial charge >= 0.3 is 5.97 Å². The van der Waals surface area contributed by atoms with E-state index in [2.05, 4.69) is 19.1 Å². The second kappa shape index (κ2) is 6.46. The van der Waals surface area contributed by atoms with E-state index >= 15 is 0 Å². The van der Waals surface area contributed by atoms with Gasteiger partial charge in [0.1, 0.15) is 0 Å². The number of carbonyl (C=O) groups is 1. The van der Waals surface area contributed by atoms with Crippen LogP contribution in [0.4, 0.5) is 0 Å². The van der Waals surface area contributed by atoms with Crippen molar-refractivity contribution >= 4 is 40.7 Å². The molecule has 0 aliphatic heterocycles. The van der Waals surface area contributed by atoms with E-state index in [1.807, 2.05) is 6.07 Å². The highest BCUT2D eigenvalue weighted by molar-refractivity contribution is 7.98. The molecule has 0 atom stereocenters. The Morgan fingerprint density at radius 3 is 2.68 bits per heavy atom. The van der Waals surface area contributed by atoms with E-state index in [9.17, 15) is 4.79 Å². The Morgan fingerprint density at radius 1 is 1.32 bits per heavy atom. The third kappa shape index (κ3) is 3.75. The molecule has 100 valence electrons. The first-order valence-corrected chi connectivity index (χ1v) is 8.01. The minimum absolute atomic E-state index is 0.159. The van der Waals surface area contributed by atoms with Crippen molar-refractivity contribution in [3.63, 3.8) is 0 Å². The normalized spacial score (nSPS) is 10.6. The molecule has 2 aromatic rings. The van der Waals surface area contributed by atoms with Gasteiger partial charge in [0.15, 0.2) is 0 Å². The van der Waals surface area contributed by atoms with Crippen LogP contribution in [0, 0.1) is 0 Å². The molecule has 0 aliphatic rings. The van der Waals surface area contributed by atoms with Gasteiger partial charge in [-0.25, -0.2) is 4.79 Å². The number of hydrogen-bond donors (Lipinski definition) is 1. The third-order valence-electron chi connectivity index (χ3n) is 2.62. The number of thioether (sulfide) groups is 1. The van der Waals surface area contributed by atoms with Gasteiger partial charge in [-0.2, -0.15) is 0 Å². The molecule has 0 saturated heterocycles. The van der Waals surface area contributed by atoms with Crippen molar-refractivity contribution in [3.8, 4) is 0 Å². The molecule has 0 aliphatic carbocycles. The predicted octanol–water partition coefficient (Wildman–Crippen LogP) is 4.95. The van der Waals surface area contributed by atoms with Crippen molar-refractivity contribution in [2.45, 2.75) is 24.0 Å². The van der Waals surface area contributed by atoms with Gasteiger partial charge in [0, 0.05) is 20.4 Å². The molecule has 2 nitrogen and oxygen atoms in total. The molecule has 5 heteroatoms. The van der Waals surface area contributed by atoms with Crippen molar-refractivity contribution in [1.29, 1.82) is 0 Å². The summed E-state index contributed by atoms with van der Waals surface area (Å²) in [6, 6.07) is 9.40. The van der Waals surface area contributed by atoms with Crippen LogP contribution < -0.4 is 0 Å². The Kier molecular flexibility index (Phi) is 4.91. The minimum Gasteiger partial charge on any atom is -0.478 e. The molecule has 0 fully saturated rings. The number of carboxylic acids is 1. The molecular weight excluding hydrogens is 300 g/mol. The summed E-state index contributed by atoms with van der Waals surface area (Å²) in [7, 11) is 0. The van der Waals surface area contributed by atoms with Gasteiger partial charge in [-0.3, -0.25) is 0 Å². The first-order valence-electron chi connectivity index (χ1n) is 5.83. The van der Waals surface area contributed by atoms with Gasteiger partial charge < -0.3 is 5.11 Å². The molecule has 0 bridgehead atoms. The summed E-state index contributed by atoms with van der Waals surface area (Å²) in [6.45, 7) is 2.14. The molecule has 0 unspecified atom stereocenters. The minimum atomic E-state index is -0.989. The Bertz CT molecular complexity index is 593. The van der Waals surface area contributed by atoms with Gasteiger partial charge in [0.05, 0.1) is 10.6 Å². The van der Waals surface area contributed by atoms with Gasteiger partial charge in [-0.15, -0.1) is 23.1 Å². The van der Waals surface area contributed by atoms with Crippen LogP contribution in [-0.4, -0.2) is 11.1 Å². The fourth-order valence-electron chi connectivity index (χ4n) is 1.60. The van der Waals surface area contributed by atoms with Gasteiger partial charge in [-0.1, -0.05) is 18.5 Å². The second-order valence-electron chi connectivity index (χ2n) is 3.96. The number of aryl methyl sites for hydroxylation is 1. The first kappa shape index (κ1) is 14.4. The maximum atomic E-state index is 11.0. The summed E-state index contributed by atoms with van der Waals surface area (Å²) in [4.78, 5) is 14.6. The Hall–Kier alpha value is -0.970. The van der Waals surface area contributed by atoms with E-state index in [1.165, 1.54) is 9.75 Å². The zero-order valence-corrected chi connectivity index (χ0v) is 12.7. The summed E-state index contributed by atoms with van der Waals surface area (Å²) < 4.78 is 0. The number of rotatable bonds is 5. The number of carboxylic acid groups (broad SMARTS) is 1. The number of hydrogen-bond acceptors (Lipinski definition) is 3. The maximum absolute atomic E-state index is 11.0. The lowest BCUT2D eigenvalue weighted by Gasteiger charge is -2.03. The highest BCUT2D eigenvalue weighted by atomic mass is 35.5. The van der Waals surface area contributed by atoms with Crippen molar-refractivity contribution in [2.24, 2.45) is 0 Å². The zero-order valence-electron chi connectivity index (χ0n) is 10.4. The second-order valence-corrected chi connectivity index (χ2v) is 6.67. The van der Waals surface area contributed by atoms with Gasteiger partial charge in [-0.05, 0) is 36.8 Å².